The van der Waals surface area contributed by atoms with Gasteiger partial charge in [-0.15, -0.1) is 0 Å². The summed E-state index contributed by atoms with van der Waals surface area (Å²) in [5.74, 6) is -0.0000760. The number of carbonyl (C=O) groups is 1. The summed E-state index contributed by atoms with van der Waals surface area (Å²) in [6, 6.07) is 15.7. The van der Waals surface area contributed by atoms with Crippen molar-refractivity contribution in [2.75, 3.05) is 6.54 Å². The average molecular weight is 415 g/mol. The van der Waals surface area contributed by atoms with Crippen LogP contribution in [0.15, 0.2) is 64.0 Å². The Hall–Kier alpha value is -3.04. The van der Waals surface area contributed by atoms with Crippen LogP contribution in [0, 0.1) is 0 Å². The average Bonchev–Trinajstić information content (AvgIpc) is 3.22. The summed E-state index contributed by atoms with van der Waals surface area (Å²) in [7, 11) is -3.65. The molecule has 152 valence electrons. The van der Waals surface area contributed by atoms with Crippen molar-refractivity contribution < 1.29 is 22.5 Å². The summed E-state index contributed by atoms with van der Waals surface area (Å²) in [6.45, 7) is 1.82. The number of hydrogen-bond donors (Lipinski definition) is 1. The van der Waals surface area contributed by atoms with Gasteiger partial charge in [-0.1, -0.05) is 54.5 Å². The first-order valence-corrected chi connectivity index (χ1v) is 10.6. The maximum absolute atomic E-state index is 12.1. The normalized spacial score (nSPS) is 11.3. The van der Waals surface area contributed by atoms with E-state index >= 15 is 0 Å². The number of esters is 1. The first-order valence-electron chi connectivity index (χ1n) is 9.10. The number of nitrogens with zero attached hydrogens (tertiary/aromatic N) is 2. The molecule has 0 radical (unpaired) electrons. The summed E-state index contributed by atoms with van der Waals surface area (Å²) in [6.07, 6.45) is 0.820. The zero-order chi connectivity index (χ0) is 20.7. The van der Waals surface area contributed by atoms with E-state index < -0.39 is 16.0 Å². The van der Waals surface area contributed by atoms with Crippen LogP contribution in [0.3, 0.4) is 0 Å². The lowest BCUT2D eigenvalue weighted by Crippen LogP contribution is -2.26. The Morgan fingerprint density at radius 1 is 1.10 bits per heavy atom. The van der Waals surface area contributed by atoms with Crippen molar-refractivity contribution in [1.82, 2.24) is 14.9 Å². The predicted molar refractivity (Wildman–Crippen MR) is 105 cm³/mol. The van der Waals surface area contributed by atoms with Crippen molar-refractivity contribution in [2.24, 2.45) is 0 Å². The van der Waals surface area contributed by atoms with Gasteiger partial charge in [-0.2, -0.15) is 4.98 Å². The van der Waals surface area contributed by atoms with Gasteiger partial charge >= 0.3 is 5.97 Å². The molecule has 29 heavy (non-hydrogen) atoms. The lowest BCUT2D eigenvalue weighted by atomic mass is 10.1. The topological polar surface area (TPSA) is 111 Å². The molecule has 1 aromatic heterocycles. The predicted octanol–water partition coefficient (Wildman–Crippen LogP) is 2.71. The Labute approximate surface area is 169 Å². The fraction of sp³-hybridized carbons (Fsp3) is 0.250. The molecule has 0 fully saturated rings. The third-order valence-corrected chi connectivity index (χ3v) is 5.60. The number of aromatic nitrogens is 2. The zero-order valence-electron chi connectivity index (χ0n) is 15.9. The van der Waals surface area contributed by atoms with Crippen LogP contribution >= 0.6 is 0 Å². The van der Waals surface area contributed by atoms with E-state index in [-0.39, 0.29) is 30.4 Å². The van der Waals surface area contributed by atoms with Gasteiger partial charge in [0.1, 0.15) is 0 Å². The van der Waals surface area contributed by atoms with Gasteiger partial charge in [0.25, 0.3) is 5.89 Å². The number of nitrogens with one attached hydrogen (secondary N) is 1. The van der Waals surface area contributed by atoms with Gasteiger partial charge in [0, 0.05) is 12.1 Å². The van der Waals surface area contributed by atoms with Crippen LogP contribution in [-0.2, 0) is 32.6 Å². The number of rotatable bonds is 9. The van der Waals surface area contributed by atoms with Crippen molar-refractivity contribution in [3.05, 3.63) is 66.1 Å². The highest BCUT2D eigenvalue weighted by molar-refractivity contribution is 7.89. The summed E-state index contributed by atoms with van der Waals surface area (Å²) in [5, 5.41) is 3.88. The second kappa shape index (κ2) is 9.44. The van der Waals surface area contributed by atoms with Crippen molar-refractivity contribution in [3.8, 4) is 11.4 Å². The highest BCUT2D eigenvalue weighted by Crippen LogP contribution is 2.17. The molecule has 0 spiro atoms. The Morgan fingerprint density at radius 3 is 2.52 bits per heavy atom. The number of benzene rings is 2. The molecule has 1 N–H and O–H groups in total. The van der Waals surface area contributed by atoms with Gasteiger partial charge in [0.05, 0.1) is 11.3 Å². The van der Waals surface area contributed by atoms with E-state index in [1.165, 1.54) is 17.7 Å². The maximum Gasteiger partial charge on any atom is 0.307 e. The van der Waals surface area contributed by atoms with Crippen molar-refractivity contribution >= 4 is 16.0 Å². The van der Waals surface area contributed by atoms with Crippen molar-refractivity contribution in [2.45, 2.75) is 31.3 Å². The van der Waals surface area contributed by atoms with Crippen LogP contribution in [0.1, 0.15) is 24.8 Å². The Balaban J connectivity index is 1.45. The van der Waals surface area contributed by atoms with Gasteiger partial charge in [0.2, 0.25) is 15.8 Å². The number of carbonyl (C=O) groups excluding carboxylic acids is 1. The molecular weight excluding hydrogens is 394 g/mol. The number of aryl methyl sites for hydroxylation is 1. The molecule has 3 rings (SSSR count). The molecule has 0 amide bonds. The van der Waals surface area contributed by atoms with Crippen LogP contribution in [0.4, 0.5) is 0 Å². The van der Waals surface area contributed by atoms with Gasteiger partial charge in [-0.3, -0.25) is 4.79 Å². The van der Waals surface area contributed by atoms with E-state index in [0.717, 1.165) is 12.0 Å². The molecule has 0 bridgehead atoms. The SMILES string of the molecule is CCc1ccc(-c2noc(COC(=O)CCNS(=O)(=O)c3ccccc3)n2)cc1. The second-order valence-corrected chi connectivity index (χ2v) is 7.95. The van der Waals surface area contributed by atoms with E-state index in [9.17, 15) is 13.2 Å². The highest BCUT2D eigenvalue weighted by Gasteiger charge is 2.15. The van der Waals surface area contributed by atoms with Gasteiger partial charge in [0.15, 0.2) is 6.61 Å². The molecule has 0 saturated carbocycles. The smallest absolute Gasteiger partial charge is 0.307 e. The number of ether oxygens (including phenoxy) is 1. The Kier molecular flexibility index (Phi) is 6.73. The van der Waals surface area contributed by atoms with Crippen LogP contribution in [-0.4, -0.2) is 31.1 Å². The molecule has 0 aliphatic heterocycles. The fourth-order valence-corrected chi connectivity index (χ4v) is 3.56. The molecule has 9 heteroatoms. The molecule has 2 aromatic carbocycles. The molecule has 0 unspecified atom stereocenters. The van der Waals surface area contributed by atoms with Crippen LogP contribution < -0.4 is 4.72 Å². The minimum Gasteiger partial charge on any atom is -0.456 e. The van der Waals surface area contributed by atoms with E-state index in [1.807, 2.05) is 24.3 Å². The molecule has 0 aliphatic rings. The number of hydrogen-bond acceptors (Lipinski definition) is 7. The second-order valence-electron chi connectivity index (χ2n) is 6.18. The van der Waals surface area contributed by atoms with Gasteiger partial charge in [-0.25, -0.2) is 13.1 Å². The monoisotopic (exact) mass is 415 g/mol. The summed E-state index contributed by atoms with van der Waals surface area (Å²) >= 11 is 0. The minimum absolute atomic E-state index is 0.0745. The third kappa shape index (κ3) is 5.72. The molecule has 0 saturated heterocycles. The summed E-state index contributed by atoms with van der Waals surface area (Å²) in [5.41, 5.74) is 2.01. The largest absolute Gasteiger partial charge is 0.456 e. The molecular formula is C20H21N3O5S. The molecule has 1 heterocycles. The van der Waals surface area contributed by atoms with Crippen molar-refractivity contribution in [1.29, 1.82) is 0 Å². The first kappa shape index (κ1) is 20.7. The van der Waals surface area contributed by atoms with Crippen LogP contribution in [0.25, 0.3) is 11.4 Å². The van der Waals surface area contributed by atoms with Crippen LogP contribution in [0.2, 0.25) is 0 Å². The lowest BCUT2D eigenvalue weighted by Gasteiger charge is -2.06. The fourth-order valence-electron chi connectivity index (χ4n) is 2.51. The van der Waals surface area contributed by atoms with E-state index in [4.69, 9.17) is 9.26 Å². The van der Waals surface area contributed by atoms with Crippen LogP contribution in [0.5, 0.6) is 0 Å². The third-order valence-electron chi connectivity index (χ3n) is 4.12. The minimum atomic E-state index is -3.65. The first-order chi connectivity index (χ1) is 14.0. The number of sulfonamides is 1. The molecule has 0 aliphatic carbocycles. The van der Waals surface area contributed by atoms with Gasteiger partial charge in [-0.05, 0) is 24.1 Å². The lowest BCUT2D eigenvalue weighted by molar-refractivity contribution is -0.145. The molecule has 0 atom stereocenters. The van der Waals surface area contributed by atoms with E-state index in [0.29, 0.717) is 5.82 Å². The maximum atomic E-state index is 12.1. The summed E-state index contributed by atoms with van der Waals surface area (Å²) in [4.78, 5) is 16.2. The Bertz CT molecular complexity index is 1050. The quantitative estimate of drug-likeness (QED) is 0.535. The van der Waals surface area contributed by atoms with E-state index in [1.54, 1.807) is 18.2 Å². The van der Waals surface area contributed by atoms with E-state index in [2.05, 4.69) is 21.8 Å². The highest BCUT2D eigenvalue weighted by atomic mass is 32.2. The standard InChI is InChI=1S/C20H21N3O5S/c1-2-15-8-10-16(11-9-15)20-22-18(28-23-20)14-27-19(24)12-13-21-29(25,26)17-6-4-3-5-7-17/h3-11,21H,2,12-14H2,1H3. The van der Waals surface area contributed by atoms with Crippen molar-refractivity contribution in [3.63, 3.8) is 0 Å². The summed E-state index contributed by atoms with van der Waals surface area (Å²) < 4.78 is 36.7. The Morgan fingerprint density at radius 2 is 1.83 bits per heavy atom. The molecule has 3 aromatic rings. The molecule has 8 nitrogen and oxygen atoms in total. The zero-order valence-corrected chi connectivity index (χ0v) is 16.7. The van der Waals surface area contributed by atoms with Gasteiger partial charge < -0.3 is 9.26 Å².